The third-order valence-corrected chi connectivity index (χ3v) is 5.12. The van der Waals surface area contributed by atoms with Crippen molar-refractivity contribution < 1.29 is 16.8 Å². The summed E-state index contributed by atoms with van der Waals surface area (Å²) >= 11 is 0. The fraction of sp³-hybridized carbons (Fsp3) is 0.125. The molecule has 0 unspecified atom stereocenters. The molecule has 1 heterocycles. The summed E-state index contributed by atoms with van der Waals surface area (Å²) < 4.78 is 47.3. The molecular formula is C8H10N4O4S2. The first-order valence-corrected chi connectivity index (χ1v) is 7.61. The Hall–Kier alpha value is -1.65. The number of aliphatic imine (C=N–C) groups is 1. The molecule has 0 saturated heterocycles. The normalized spacial score (nSPS) is 17.6. The predicted molar refractivity (Wildman–Crippen MR) is 65.3 cm³/mol. The van der Waals surface area contributed by atoms with Crippen LogP contribution in [0.4, 0.5) is 11.4 Å². The summed E-state index contributed by atoms with van der Waals surface area (Å²) in [6, 6.07) is 2.08. The van der Waals surface area contributed by atoms with Gasteiger partial charge in [0.05, 0.1) is 11.4 Å². The highest BCUT2D eigenvalue weighted by atomic mass is 32.2. The molecule has 4 N–H and O–H groups in total. The molecule has 0 aromatic heterocycles. The van der Waals surface area contributed by atoms with Crippen LogP contribution in [0.1, 0.15) is 0 Å². The van der Waals surface area contributed by atoms with Crippen LogP contribution >= 0.6 is 0 Å². The molecule has 0 bridgehead atoms. The smallest absolute Gasteiger partial charge is 0.266 e. The Morgan fingerprint density at radius 2 is 1.94 bits per heavy atom. The lowest BCUT2D eigenvalue weighted by Gasteiger charge is -2.20. The Balaban J connectivity index is 2.85. The second kappa shape index (κ2) is 3.67. The van der Waals surface area contributed by atoms with E-state index in [1.165, 1.54) is 7.05 Å². The minimum absolute atomic E-state index is 0.0815. The van der Waals surface area contributed by atoms with Gasteiger partial charge in [0, 0.05) is 7.05 Å². The van der Waals surface area contributed by atoms with Crippen LogP contribution in [0, 0.1) is 0 Å². The molecule has 2 rings (SSSR count). The third-order valence-electron chi connectivity index (χ3n) is 2.41. The number of rotatable bonds is 1. The SMILES string of the molecule is CN1C=Nc2cc(N)c(S(N)(=O)=O)cc2S1(=O)=O. The van der Waals surface area contributed by atoms with Gasteiger partial charge in [-0.05, 0) is 12.1 Å². The average Bonchev–Trinajstić information content (AvgIpc) is 2.21. The van der Waals surface area contributed by atoms with Crippen molar-refractivity contribution in [2.75, 3.05) is 12.8 Å². The van der Waals surface area contributed by atoms with Crippen molar-refractivity contribution in [3.05, 3.63) is 12.1 Å². The Labute approximate surface area is 104 Å². The Morgan fingerprint density at radius 3 is 2.50 bits per heavy atom. The zero-order valence-corrected chi connectivity index (χ0v) is 10.9. The molecule has 1 aromatic rings. The average molecular weight is 290 g/mol. The Morgan fingerprint density at radius 1 is 1.33 bits per heavy atom. The molecule has 0 radical (unpaired) electrons. The summed E-state index contributed by atoms with van der Waals surface area (Å²) in [6.45, 7) is 0. The van der Waals surface area contributed by atoms with Crippen molar-refractivity contribution in [2.45, 2.75) is 9.79 Å². The van der Waals surface area contributed by atoms with Crippen LogP contribution in [0.3, 0.4) is 0 Å². The molecular weight excluding hydrogens is 280 g/mol. The number of nitrogen functional groups attached to an aromatic ring is 1. The number of nitrogens with zero attached hydrogens (tertiary/aromatic N) is 2. The number of hydrogen-bond acceptors (Lipinski definition) is 6. The van der Waals surface area contributed by atoms with E-state index in [1.54, 1.807) is 0 Å². The Kier molecular flexibility index (Phi) is 2.61. The number of sulfonamides is 2. The second-order valence-corrected chi connectivity index (χ2v) is 7.16. The molecule has 1 aliphatic rings. The highest BCUT2D eigenvalue weighted by Gasteiger charge is 2.29. The highest BCUT2D eigenvalue weighted by molar-refractivity contribution is 7.90. The first kappa shape index (κ1) is 12.8. The molecule has 1 aromatic carbocycles. The summed E-state index contributed by atoms with van der Waals surface area (Å²) in [5, 5.41) is 4.96. The van der Waals surface area contributed by atoms with E-state index >= 15 is 0 Å². The van der Waals surface area contributed by atoms with Gasteiger partial charge < -0.3 is 5.73 Å². The first-order valence-electron chi connectivity index (χ1n) is 4.62. The highest BCUT2D eigenvalue weighted by Crippen LogP contribution is 2.34. The van der Waals surface area contributed by atoms with E-state index in [4.69, 9.17) is 10.9 Å². The molecule has 1 aliphatic heterocycles. The zero-order valence-electron chi connectivity index (χ0n) is 9.23. The van der Waals surface area contributed by atoms with Crippen LogP contribution < -0.4 is 10.9 Å². The summed E-state index contributed by atoms with van der Waals surface area (Å²) in [5.41, 5.74) is 5.45. The summed E-state index contributed by atoms with van der Waals surface area (Å²) in [7, 11) is -6.62. The van der Waals surface area contributed by atoms with Crippen molar-refractivity contribution in [3.63, 3.8) is 0 Å². The largest absolute Gasteiger partial charge is 0.398 e. The molecule has 0 atom stereocenters. The predicted octanol–water partition coefficient (Wildman–Crippen LogP) is -0.790. The molecule has 8 nitrogen and oxygen atoms in total. The summed E-state index contributed by atoms with van der Waals surface area (Å²) in [5.74, 6) is 0. The third kappa shape index (κ3) is 1.83. The monoisotopic (exact) mass is 290 g/mol. The van der Waals surface area contributed by atoms with E-state index in [2.05, 4.69) is 4.99 Å². The van der Waals surface area contributed by atoms with Crippen LogP contribution in [0.25, 0.3) is 0 Å². The molecule has 10 heteroatoms. The number of nitrogens with two attached hydrogens (primary N) is 2. The van der Waals surface area contributed by atoms with Gasteiger partial charge in [0.25, 0.3) is 10.0 Å². The van der Waals surface area contributed by atoms with Crippen LogP contribution in [-0.4, -0.2) is 34.5 Å². The maximum absolute atomic E-state index is 12.0. The quantitative estimate of drug-likeness (QED) is 0.653. The van der Waals surface area contributed by atoms with E-state index in [1.807, 2.05) is 0 Å². The van der Waals surface area contributed by atoms with E-state index in [9.17, 15) is 16.8 Å². The zero-order chi connectivity index (χ0) is 13.7. The van der Waals surface area contributed by atoms with Gasteiger partial charge in [-0.25, -0.2) is 27.0 Å². The maximum Gasteiger partial charge on any atom is 0.266 e. The topological polar surface area (TPSA) is 136 Å². The van der Waals surface area contributed by atoms with Gasteiger partial charge in [-0.1, -0.05) is 0 Å². The molecule has 0 amide bonds. The molecule has 98 valence electrons. The fourth-order valence-corrected chi connectivity index (χ4v) is 3.35. The van der Waals surface area contributed by atoms with Crippen LogP contribution in [0.15, 0.2) is 26.9 Å². The lowest BCUT2D eigenvalue weighted by atomic mass is 10.3. The van der Waals surface area contributed by atoms with Crippen molar-refractivity contribution in [3.8, 4) is 0 Å². The van der Waals surface area contributed by atoms with Gasteiger partial charge in [0.15, 0.2) is 0 Å². The Bertz CT molecular complexity index is 752. The number of primary sulfonamides is 1. The molecule has 0 fully saturated rings. The van der Waals surface area contributed by atoms with E-state index < -0.39 is 24.9 Å². The fourth-order valence-electron chi connectivity index (χ4n) is 1.48. The van der Waals surface area contributed by atoms with E-state index in [0.717, 1.165) is 22.8 Å². The van der Waals surface area contributed by atoms with Gasteiger partial charge in [-0.3, -0.25) is 4.31 Å². The van der Waals surface area contributed by atoms with E-state index in [0.29, 0.717) is 0 Å². The van der Waals surface area contributed by atoms with Gasteiger partial charge in [-0.15, -0.1) is 0 Å². The van der Waals surface area contributed by atoms with Gasteiger partial charge >= 0.3 is 0 Å². The maximum atomic E-state index is 12.0. The van der Waals surface area contributed by atoms with Crippen LogP contribution in [0.5, 0.6) is 0 Å². The number of benzene rings is 1. The van der Waals surface area contributed by atoms with Crippen LogP contribution in [-0.2, 0) is 20.0 Å². The van der Waals surface area contributed by atoms with Crippen molar-refractivity contribution in [1.82, 2.24) is 4.31 Å². The number of fused-ring (bicyclic) bond motifs is 1. The minimum Gasteiger partial charge on any atom is -0.398 e. The standard InChI is InChI=1S/C8H10N4O4S2/c1-12-4-11-6-2-5(9)7(17(10,13)14)3-8(6)18(12,15)16/h2-4H,9H2,1H3,(H2,10,13,14). The van der Waals surface area contributed by atoms with Gasteiger partial charge in [-0.2, -0.15) is 0 Å². The molecule has 0 saturated carbocycles. The number of anilines is 1. The lowest BCUT2D eigenvalue weighted by molar-refractivity contribution is 0.553. The first-order chi connectivity index (χ1) is 8.14. The molecule has 0 aliphatic carbocycles. The van der Waals surface area contributed by atoms with Gasteiger partial charge in [0.1, 0.15) is 16.1 Å². The summed E-state index contributed by atoms with van der Waals surface area (Å²) in [6.07, 6.45) is 1.10. The van der Waals surface area contributed by atoms with E-state index in [-0.39, 0.29) is 16.3 Å². The van der Waals surface area contributed by atoms with Crippen molar-refractivity contribution >= 4 is 37.8 Å². The van der Waals surface area contributed by atoms with Crippen molar-refractivity contribution in [1.29, 1.82) is 0 Å². The van der Waals surface area contributed by atoms with Crippen molar-refractivity contribution in [2.24, 2.45) is 10.1 Å². The molecule has 0 spiro atoms. The second-order valence-electron chi connectivity index (χ2n) is 3.67. The summed E-state index contributed by atoms with van der Waals surface area (Å²) in [4.78, 5) is 3.18. The van der Waals surface area contributed by atoms with Gasteiger partial charge in [0.2, 0.25) is 10.0 Å². The molecule has 18 heavy (non-hydrogen) atoms. The minimum atomic E-state index is -4.09. The van der Waals surface area contributed by atoms with Crippen LogP contribution in [0.2, 0.25) is 0 Å². The number of hydrogen-bond donors (Lipinski definition) is 2. The lowest BCUT2D eigenvalue weighted by Crippen LogP contribution is -2.28.